The topological polar surface area (TPSA) is 65.5 Å². The van der Waals surface area contributed by atoms with Crippen LogP contribution in [0.15, 0.2) is 24.4 Å². The van der Waals surface area contributed by atoms with Crippen LogP contribution in [0.5, 0.6) is 11.5 Å². The Balaban J connectivity index is 1.86. The molecule has 22 heavy (non-hydrogen) atoms. The van der Waals surface area contributed by atoms with Crippen molar-refractivity contribution in [3.8, 4) is 22.6 Å². The Hall–Kier alpha value is -2.21. The van der Waals surface area contributed by atoms with Crippen LogP contribution in [-0.2, 0) is 7.05 Å². The first-order chi connectivity index (χ1) is 10.6. The number of anilines is 1. The summed E-state index contributed by atoms with van der Waals surface area (Å²) in [6.07, 6.45) is 3.02. The zero-order valence-electron chi connectivity index (χ0n) is 13.2. The van der Waals surface area contributed by atoms with Gasteiger partial charge in [-0.3, -0.25) is 4.68 Å². The second kappa shape index (κ2) is 5.88. The number of hydrogen-bond donors (Lipinski definition) is 1. The Morgan fingerprint density at radius 3 is 2.68 bits per heavy atom. The summed E-state index contributed by atoms with van der Waals surface area (Å²) in [4.78, 5) is 2.27. The first-order valence-corrected chi connectivity index (χ1v) is 7.39. The van der Waals surface area contributed by atoms with Crippen molar-refractivity contribution >= 4 is 5.82 Å². The number of aromatic nitrogens is 2. The Morgan fingerprint density at radius 1 is 1.27 bits per heavy atom. The van der Waals surface area contributed by atoms with Crippen molar-refractivity contribution in [1.29, 1.82) is 0 Å². The van der Waals surface area contributed by atoms with Gasteiger partial charge in [-0.2, -0.15) is 5.10 Å². The Morgan fingerprint density at radius 2 is 2.09 bits per heavy atom. The van der Waals surface area contributed by atoms with E-state index in [0.717, 1.165) is 42.1 Å². The summed E-state index contributed by atoms with van der Waals surface area (Å²) in [5.41, 5.74) is 7.90. The lowest BCUT2D eigenvalue weighted by Gasteiger charge is -2.17. The van der Waals surface area contributed by atoms with E-state index in [0.29, 0.717) is 5.82 Å². The van der Waals surface area contributed by atoms with Crippen LogP contribution in [0.4, 0.5) is 5.82 Å². The maximum absolute atomic E-state index is 6.08. The number of likely N-dealkylation sites (N-methyl/N-ethyl adjacent to an activating group) is 1. The van der Waals surface area contributed by atoms with E-state index in [1.54, 1.807) is 18.0 Å². The summed E-state index contributed by atoms with van der Waals surface area (Å²) in [6.45, 7) is 2.01. The summed E-state index contributed by atoms with van der Waals surface area (Å²) >= 11 is 0. The van der Waals surface area contributed by atoms with E-state index in [2.05, 4.69) is 17.0 Å². The minimum atomic E-state index is 0.216. The fourth-order valence-electron chi connectivity index (χ4n) is 2.77. The Bertz CT molecular complexity index is 668. The molecule has 0 amide bonds. The summed E-state index contributed by atoms with van der Waals surface area (Å²) in [5.74, 6) is 2.12. The van der Waals surface area contributed by atoms with Gasteiger partial charge in [0.25, 0.3) is 0 Å². The number of aryl methyl sites for hydroxylation is 1. The molecule has 1 aliphatic heterocycles. The number of methoxy groups -OCH3 is 1. The van der Waals surface area contributed by atoms with E-state index in [1.165, 1.54) is 0 Å². The fraction of sp³-hybridized carbons (Fsp3) is 0.438. The van der Waals surface area contributed by atoms with Gasteiger partial charge in [0, 0.05) is 25.7 Å². The lowest BCUT2D eigenvalue weighted by atomic mass is 10.1. The van der Waals surface area contributed by atoms with Gasteiger partial charge in [-0.05, 0) is 31.2 Å². The number of nitrogen functional groups attached to an aromatic ring is 1. The number of likely N-dealkylation sites (tertiary alicyclic amines) is 1. The average molecular weight is 302 g/mol. The van der Waals surface area contributed by atoms with Crippen molar-refractivity contribution in [2.75, 3.05) is 33.0 Å². The second-order valence-corrected chi connectivity index (χ2v) is 5.72. The molecular formula is C16H22N4O2. The third-order valence-corrected chi connectivity index (χ3v) is 4.10. The highest BCUT2D eigenvalue weighted by atomic mass is 16.5. The molecule has 1 fully saturated rings. The molecule has 1 aromatic heterocycles. The molecule has 0 radical (unpaired) electrons. The molecule has 3 rings (SSSR count). The Kier molecular flexibility index (Phi) is 3.94. The number of nitrogens with zero attached hydrogens (tertiary/aromatic N) is 3. The molecule has 6 heteroatoms. The van der Waals surface area contributed by atoms with Gasteiger partial charge in [-0.15, -0.1) is 0 Å². The number of benzene rings is 1. The van der Waals surface area contributed by atoms with Crippen LogP contribution in [0.2, 0.25) is 0 Å². The normalized spacial score (nSPS) is 18.6. The van der Waals surface area contributed by atoms with Crippen LogP contribution in [0.3, 0.4) is 0 Å². The van der Waals surface area contributed by atoms with Crippen molar-refractivity contribution in [2.45, 2.75) is 12.5 Å². The monoisotopic (exact) mass is 302 g/mol. The van der Waals surface area contributed by atoms with Crippen LogP contribution in [-0.4, -0.2) is 48.0 Å². The zero-order chi connectivity index (χ0) is 15.7. The van der Waals surface area contributed by atoms with Crippen LogP contribution in [0.1, 0.15) is 6.42 Å². The lowest BCUT2D eigenvalue weighted by Crippen LogP contribution is -2.21. The minimum absolute atomic E-state index is 0.216. The summed E-state index contributed by atoms with van der Waals surface area (Å²) in [5, 5.41) is 4.18. The predicted octanol–water partition coefficient (Wildman–Crippen LogP) is 1.76. The second-order valence-electron chi connectivity index (χ2n) is 5.72. The number of rotatable bonds is 4. The molecular weight excluding hydrogens is 280 g/mol. The molecule has 1 aromatic carbocycles. The highest BCUT2D eigenvalue weighted by Gasteiger charge is 2.22. The average Bonchev–Trinajstić information content (AvgIpc) is 3.07. The summed E-state index contributed by atoms with van der Waals surface area (Å²) in [7, 11) is 5.58. The lowest BCUT2D eigenvalue weighted by molar-refractivity contribution is 0.199. The maximum atomic E-state index is 6.08. The third kappa shape index (κ3) is 2.74. The van der Waals surface area contributed by atoms with Crippen molar-refractivity contribution in [3.05, 3.63) is 24.4 Å². The van der Waals surface area contributed by atoms with Crippen molar-refractivity contribution in [2.24, 2.45) is 7.05 Å². The van der Waals surface area contributed by atoms with Crippen molar-refractivity contribution in [3.63, 3.8) is 0 Å². The molecule has 2 aromatic rings. The number of ether oxygens (including phenoxy) is 2. The molecule has 0 saturated carbocycles. The summed E-state index contributed by atoms with van der Waals surface area (Å²) in [6, 6.07) is 5.88. The van der Waals surface area contributed by atoms with Crippen LogP contribution in [0.25, 0.3) is 11.1 Å². The maximum Gasteiger partial charge on any atom is 0.161 e. The van der Waals surface area contributed by atoms with Gasteiger partial charge in [0.15, 0.2) is 11.5 Å². The molecule has 1 atom stereocenters. The highest BCUT2D eigenvalue weighted by molar-refractivity contribution is 5.75. The molecule has 118 valence electrons. The van der Waals surface area contributed by atoms with Gasteiger partial charge in [-0.1, -0.05) is 6.07 Å². The van der Waals surface area contributed by atoms with E-state index in [4.69, 9.17) is 15.2 Å². The summed E-state index contributed by atoms with van der Waals surface area (Å²) < 4.78 is 13.2. The number of hydrogen-bond acceptors (Lipinski definition) is 5. The van der Waals surface area contributed by atoms with Crippen LogP contribution >= 0.6 is 0 Å². The molecule has 0 spiro atoms. The van der Waals surface area contributed by atoms with Gasteiger partial charge in [0.1, 0.15) is 11.9 Å². The molecule has 1 unspecified atom stereocenters. The van der Waals surface area contributed by atoms with Crippen LogP contribution < -0.4 is 15.2 Å². The molecule has 1 saturated heterocycles. The third-order valence-electron chi connectivity index (χ3n) is 4.10. The molecule has 2 heterocycles. The van der Waals surface area contributed by atoms with Gasteiger partial charge in [0.05, 0.1) is 13.3 Å². The standard InChI is InChI=1S/C16H22N4O2/c1-19-7-6-12(10-19)22-14-5-4-11(8-15(14)21-3)13-9-18-20(2)16(13)17/h4-5,8-9,12H,6-7,10,17H2,1-3H3. The first kappa shape index (κ1) is 14.7. The van der Waals surface area contributed by atoms with Gasteiger partial charge >= 0.3 is 0 Å². The van der Waals surface area contributed by atoms with Crippen molar-refractivity contribution < 1.29 is 9.47 Å². The predicted molar refractivity (Wildman–Crippen MR) is 86.1 cm³/mol. The fourth-order valence-corrected chi connectivity index (χ4v) is 2.77. The Labute approximate surface area is 130 Å². The van der Waals surface area contributed by atoms with E-state index < -0.39 is 0 Å². The molecule has 1 aliphatic rings. The molecule has 0 aliphatic carbocycles. The first-order valence-electron chi connectivity index (χ1n) is 7.39. The quantitative estimate of drug-likeness (QED) is 0.932. The zero-order valence-corrected chi connectivity index (χ0v) is 13.2. The van der Waals surface area contributed by atoms with Crippen LogP contribution in [0, 0.1) is 0 Å². The molecule has 2 N–H and O–H groups in total. The largest absolute Gasteiger partial charge is 0.493 e. The minimum Gasteiger partial charge on any atom is -0.493 e. The smallest absolute Gasteiger partial charge is 0.161 e. The molecule has 6 nitrogen and oxygen atoms in total. The SMILES string of the molecule is COc1cc(-c2cnn(C)c2N)ccc1OC1CCN(C)C1. The van der Waals surface area contributed by atoms with Gasteiger partial charge < -0.3 is 20.1 Å². The van der Waals surface area contributed by atoms with Gasteiger partial charge in [0.2, 0.25) is 0 Å². The van der Waals surface area contributed by atoms with E-state index in [9.17, 15) is 0 Å². The van der Waals surface area contributed by atoms with E-state index in [1.807, 2.05) is 25.2 Å². The van der Waals surface area contributed by atoms with Crippen molar-refractivity contribution in [1.82, 2.24) is 14.7 Å². The molecule has 0 bridgehead atoms. The van der Waals surface area contributed by atoms with Gasteiger partial charge in [-0.25, -0.2) is 0 Å². The number of nitrogens with two attached hydrogens (primary N) is 1. The van der Waals surface area contributed by atoms with E-state index >= 15 is 0 Å². The highest BCUT2D eigenvalue weighted by Crippen LogP contribution is 2.35. The van der Waals surface area contributed by atoms with E-state index in [-0.39, 0.29) is 6.10 Å².